The summed E-state index contributed by atoms with van der Waals surface area (Å²) in [5, 5.41) is 3.23. The van der Waals surface area contributed by atoms with Gasteiger partial charge >= 0.3 is 6.18 Å². The lowest BCUT2D eigenvalue weighted by Crippen LogP contribution is -2.37. The van der Waals surface area contributed by atoms with E-state index in [1.165, 1.54) is 10.4 Å². The van der Waals surface area contributed by atoms with Crippen molar-refractivity contribution in [1.82, 2.24) is 4.31 Å². The number of carbonyl (C=O) groups excluding carboxylic acids is 1. The average Bonchev–Trinajstić information content (AvgIpc) is 2.81. The van der Waals surface area contributed by atoms with E-state index in [4.69, 9.17) is 23.2 Å². The highest BCUT2D eigenvalue weighted by atomic mass is 35.5. The number of fused-ring (bicyclic) bond motifs is 1. The van der Waals surface area contributed by atoms with Gasteiger partial charge in [0.25, 0.3) is 0 Å². The standard InChI is InChI=1S/C25H20Cl2F4N2O3S/c26-20-4-2-1-3-17(20)14-37(35,36)33-10-9-18-16(13-33)6-8-21(27)24(18)32-23(34)12-15-5-7-19(22(28)11-15)25(29,30)31/h1-8,11H,9-10,12-14H2,(H,32,34). The fraction of sp³-hybridized carbons (Fsp3) is 0.240. The lowest BCUT2D eigenvalue weighted by atomic mass is 9.98. The summed E-state index contributed by atoms with van der Waals surface area (Å²) in [6.07, 6.45) is -4.95. The van der Waals surface area contributed by atoms with Gasteiger partial charge in [-0.05, 0) is 52.9 Å². The number of hydrogen-bond donors (Lipinski definition) is 1. The molecule has 1 amide bonds. The van der Waals surface area contributed by atoms with E-state index >= 15 is 0 Å². The smallest absolute Gasteiger partial charge is 0.324 e. The number of anilines is 1. The lowest BCUT2D eigenvalue weighted by molar-refractivity contribution is -0.140. The number of alkyl halides is 3. The zero-order valence-electron chi connectivity index (χ0n) is 19.1. The summed E-state index contributed by atoms with van der Waals surface area (Å²) in [6.45, 7) is 0.208. The molecule has 0 bridgehead atoms. The molecule has 0 saturated heterocycles. The molecule has 0 spiro atoms. The molecule has 1 aliphatic heterocycles. The molecule has 0 unspecified atom stereocenters. The summed E-state index contributed by atoms with van der Waals surface area (Å²) < 4.78 is 79.6. The monoisotopic (exact) mass is 574 g/mol. The summed E-state index contributed by atoms with van der Waals surface area (Å²) in [6, 6.07) is 12.2. The van der Waals surface area contributed by atoms with E-state index in [1.54, 1.807) is 30.3 Å². The van der Waals surface area contributed by atoms with Gasteiger partial charge in [-0.1, -0.05) is 53.5 Å². The van der Waals surface area contributed by atoms with Crippen molar-refractivity contribution in [2.75, 3.05) is 11.9 Å². The first kappa shape index (κ1) is 27.4. The first-order valence-corrected chi connectivity index (χ1v) is 13.4. The first-order chi connectivity index (χ1) is 17.3. The molecule has 5 nitrogen and oxygen atoms in total. The summed E-state index contributed by atoms with van der Waals surface area (Å²) in [5.74, 6) is -2.34. The second-order valence-corrected chi connectivity index (χ2v) is 11.3. The van der Waals surface area contributed by atoms with Gasteiger partial charge in [0.2, 0.25) is 15.9 Å². The molecule has 3 aromatic carbocycles. The normalized spacial score (nSPS) is 14.3. The summed E-state index contributed by atoms with van der Waals surface area (Å²) in [4.78, 5) is 12.6. The van der Waals surface area contributed by atoms with Crippen molar-refractivity contribution >= 4 is 44.8 Å². The Morgan fingerprint density at radius 3 is 2.43 bits per heavy atom. The Morgan fingerprint density at radius 2 is 1.76 bits per heavy atom. The lowest BCUT2D eigenvalue weighted by Gasteiger charge is -2.30. The Morgan fingerprint density at radius 1 is 1.03 bits per heavy atom. The van der Waals surface area contributed by atoms with Gasteiger partial charge in [-0.3, -0.25) is 4.79 Å². The number of hydrogen-bond acceptors (Lipinski definition) is 3. The fourth-order valence-electron chi connectivity index (χ4n) is 4.14. The van der Waals surface area contributed by atoms with Crippen LogP contribution in [0, 0.1) is 5.82 Å². The fourth-order valence-corrected chi connectivity index (χ4v) is 6.18. The van der Waals surface area contributed by atoms with Crippen LogP contribution in [0.4, 0.5) is 23.2 Å². The zero-order valence-corrected chi connectivity index (χ0v) is 21.4. The number of sulfonamides is 1. The van der Waals surface area contributed by atoms with E-state index in [9.17, 15) is 30.8 Å². The molecule has 0 saturated carbocycles. The number of benzene rings is 3. The van der Waals surface area contributed by atoms with Gasteiger partial charge in [0.15, 0.2) is 0 Å². The van der Waals surface area contributed by atoms with Gasteiger partial charge in [-0.15, -0.1) is 0 Å². The van der Waals surface area contributed by atoms with Crippen LogP contribution in [0.25, 0.3) is 0 Å². The van der Waals surface area contributed by atoms with Crippen LogP contribution in [-0.2, 0) is 46.1 Å². The maximum atomic E-state index is 13.9. The van der Waals surface area contributed by atoms with Crippen LogP contribution in [0.3, 0.4) is 0 Å². The van der Waals surface area contributed by atoms with Crippen molar-refractivity contribution in [3.63, 3.8) is 0 Å². The average molecular weight is 575 g/mol. The SMILES string of the molecule is O=C(Cc1ccc(C(F)(F)F)c(F)c1)Nc1c(Cl)ccc2c1CCN(S(=O)(=O)Cc1ccccc1Cl)C2. The molecule has 37 heavy (non-hydrogen) atoms. The molecule has 4 rings (SSSR count). The van der Waals surface area contributed by atoms with Gasteiger partial charge in [0.05, 0.1) is 28.4 Å². The van der Waals surface area contributed by atoms with Crippen molar-refractivity contribution in [2.24, 2.45) is 0 Å². The van der Waals surface area contributed by atoms with Gasteiger partial charge < -0.3 is 5.32 Å². The summed E-state index contributed by atoms with van der Waals surface area (Å²) >= 11 is 12.4. The van der Waals surface area contributed by atoms with Gasteiger partial charge in [-0.25, -0.2) is 12.8 Å². The Balaban J connectivity index is 1.49. The highest BCUT2D eigenvalue weighted by molar-refractivity contribution is 7.88. The quantitative estimate of drug-likeness (QED) is 0.355. The third-order valence-corrected chi connectivity index (χ3v) is 8.43. The molecule has 1 aliphatic rings. The van der Waals surface area contributed by atoms with Gasteiger partial charge in [-0.2, -0.15) is 17.5 Å². The van der Waals surface area contributed by atoms with Crippen LogP contribution in [0.2, 0.25) is 10.0 Å². The molecule has 0 aromatic heterocycles. The maximum Gasteiger partial charge on any atom is 0.419 e. The molecule has 0 atom stereocenters. The zero-order chi connectivity index (χ0) is 27.0. The molecular formula is C25H20Cl2F4N2O3S. The van der Waals surface area contributed by atoms with Crippen LogP contribution in [0.1, 0.15) is 27.8 Å². The van der Waals surface area contributed by atoms with Crippen molar-refractivity contribution in [3.8, 4) is 0 Å². The molecular weight excluding hydrogens is 555 g/mol. The number of rotatable bonds is 6. The molecule has 3 aromatic rings. The van der Waals surface area contributed by atoms with E-state index in [0.717, 1.165) is 6.07 Å². The molecule has 0 radical (unpaired) electrons. The first-order valence-electron chi connectivity index (χ1n) is 11.0. The minimum absolute atomic E-state index is 0.0563. The van der Waals surface area contributed by atoms with Crippen molar-refractivity contribution < 1.29 is 30.8 Å². The summed E-state index contributed by atoms with van der Waals surface area (Å²) in [5.41, 5.74) is 0.725. The number of nitrogens with zero attached hydrogens (tertiary/aromatic N) is 1. The molecule has 0 fully saturated rings. The Labute approximate surface area is 221 Å². The highest BCUT2D eigenvalue weighted by Gasteiger charge is 2.34. The second-order valence-electron chi connectivity index (χ2n) is 8.53. The molecule has 12 heteroatoms. The topological polar surface area (TPSA) is 66.5 Å². The van der Waals surface area contributed by atoms with E-state index in [0.29, 0.717) is 39.5 Å². The number of carbonyl (C=O) groups is 1. The van der Waals surface area contributed by atoms with Crippen LogP contribution < -0.4 is 5.32 Å². The second kappa shape index (κ2) is 10.6. The van der Waals surface area contributed by atoms with Gasteiger partial charge in [0, 0.05) is 18.1 Å². The van der Waals surface area contributed by atoms with Crippen molar-refractivity contribution in [3.05, 3.63) is 98.3 Å². The largest absolute Gasteiger partial charge is 0.419 e. The van der Waals surface area contributed by atoms with E-state index in [1.807, 2.05) is 0 Å². The number of amides is 1. The van der Waals surface area contributed by atoms with Crippen LogP contribution in [-0.4, -0.2) is 25.2 Å². The molecule has 1 heterocycles. The third-order valence-electron chi connectivity index (χ3n) is 5.97. The van der Waals surface area contributed by atoms with Gasteiger partial charge in [0.1, 0.15) is 5.82 Å². The van der Waals surface area contributed by atoms with Crippen LogP contribution in [0.5, 0.6) is 0 Å². The van der Waals surface area contributed by atoms with Crippen molar-refractivity contribution in [1.29, 1.82) is 0 Å². The van der Waals surface area contributed by atoms with Crippen molar-refractivity contribution in [2.45, 2.75) is 31.3 Å². The minimum atomic E-state index is -4.84. The Kier molecular flexibility index (Phi) is 7.85. The van der Waals surface area contributed by atoms with E-state index < -0.39 is 33.5 Å². The van der Waals surface area contributed by atoms with E-state index in [2.05, 4.69) is 5.32 Å². The highest BCUT2D eigenvalue weighted by Crippen LogP contribution is 2.35. The maximum absolute atomic E-state index is 13.9. The molecule has 196 valence electrons. The third kappa shape index (κ3) is 6.26. The number of nitrogens with one attached hydrogen (secondary N) is 1. The predicted octanol–water partition coefficient (Wildman–Crippen LogP) is 6.22. The van der Waals surface area contributed by atoms with Crippen LogP contribution >= 0.6 is 23.2 Å². The van der Waals surface area contributed by atoms with E-state index in [-0.39, 0.29) is 42.3 Å². The molecule has 0 aliphatic carbocycles. The number of halogens is 6. The predicted molar refractivity (Wildman–Crippen MR) is 133 cm³/mol. The minimum Gasteiger partial charge on any atom is -0.324 e. The van der Waals surface area contributed by atoms with Crippen LogP contribution in [0.15, 0.2) is 54.6 Å². The molecule has 1 N–H and O–H groups in total. The summed E-state index contributed by atoms with van der Waals surface area (Å²) in [7, 11) is -3.69. The Hall–Kier alpha value is -2.66. The Bertz CT molecular complexity index is 1460.